The van der Waals surface area contributed by atoms with Gasteiger partial charge < -0.3 is 4.90 Å². The zero-order valence-corrected chi connectivity index (χ0v) is 15.9. The van der Waals surface area contributed by atoms with Crippen molar-refractivity contribution in [3.63, 3.8) is 0 Å². The Hall–Kier alpha value is -2.61. The van der Waals surface area contributed by atoms with Crippen LogP contribution >= 0.6 is 0 Å². The second-order valence-corrected chi connectivity index (χ2v) is 7.29. The van der Waals surface area contributed by atoms with Crippen LogP contribution in [-0.4, -0.2) is 27.1 Å². The number of hydrogen-bond donors (Lipinski definition) is 0. The van der Waals surface area contributed by atoms with Gasteiger partial charge in [0.05, 0.1) is 23.4 Å². The molecule has 0 aliphatic heterocycles. The molecule has 1 aromatic carbocycles. The van der Waals surface area contributed by atoms with Gasteiger partial charge in [-0.15, -0.1) is 0 Å². The zero-order valence-electron chi connectivity index (χ0n) is 15.9. The molecule has 0 N–H and O–H groups in total. The zero-order chi connectivity index (χ0) is 18.8. The van der Waals surface area contributed by atoms with Crippen molar-refractivity contribution in [1.29, 1.82) is 5.26 Å². The van der Waals surface area contributed by atoms with Gasteiger partial charge in [0.25, 0.3) is 5.91 Å². The maximum absolute atomic E-state index is 13.1. The standard InChI is InChI=1S/C20H26N4O/c1-7-24(14(2)16-10-8-15(13-21)9-11-16)19(25)17-12-18(20(3,4)5)22-23(17)6/h8-12,14H,7H2,1-6H3. The fourth-order valence-corrected chi connectivity index (χ4v) is 2.79. The number of amides is 1. The molecule has 1 unspecified atom stereocenters. The highest BCUT2D eigenvalue weighted by Gasteiger charge is 2.27. The first-order chi connectivity index (χ1) is 11.7. The first kappa shape index (κ1) is 18.7. The fraction of sp³-hybridized carbons (Fsp3) is 0.450. The number of benzene rings is 1. The molecule has 5 nitrogen and oxygen atoms in total. The Kier molecular flexibility index (Phi) is 5.32. The quantitative estimate of drug-likeness (QED) is 0.851. The fourth-order valence-electron chi connectivity index (χ4n) is 2.79. The van der Waals surface area contributed by atoms with Crippen LogP contribution in [0.3, 0.4) is 0 Å². The Morgan fingerprint density at radius 2 is 1.92 bits per heavy atom. The molecule has 25 heavy (non-hydrogen) atoms. The maximum atomic E-state index is 13.1. The van der Waals surface area contributed by atoms with E-state index in [0.29, 0.717) is 17.8 Å². The Balaban J connectivity index is 2.32. The number of nitriles is 1. The Morgan fingerprint density at radius 1 is 1.32 bits per heavy atom. The van der Waals surface area contributed by atoms with E-state index in [1.54, 1.807) is 16.8 Å². The van der Waals surface area contributed by atoms with Crippen molar-refractivity contribution in [2.75, 3.05) is 6.54 Å². The van der Waals surface area contributed by atoms with Crippen molar-refractivity contribution >= 4 is 5.91 Å². The molecule has 0 radical (unpaired) electrons. The number of aromatic nitrogens is 2. The molecule has 5 heteroatoms. The molecule has 0 aliphatic carbocycles. The Morgan fingerprint density at radius 3 is 2.36 bits per heavy atom. The van der Waals surface area contributed by atoms with Gasteiger partial charge in [-0.2, -0.15) is 10.4 Å². The maximum Gasteiger partial charge on any atom is 0.272 e. The van der Waals surface area contributed by atoms with Gasteiger partial charge in [0.2, 0.25) is 0 Å². The highest BCUT2D eigenvalue weighted by molar-refractivity contribution is 5.93. The molecule has 0 aliphatic rings. The summed E-state index contributed by atoms with van der Waals surface area (Å²) in [5.41, 5.74) is 3.01. The third-order valence-corrected chi connectivity index (χ3v) is 4.46. The highest BCUT2D eigenvalue weighted by atomic mass is 16.2. The van der Waals surface area contributed by atoms with Gasteiger partial charge in [-0.25, -0.2) is 0 Å². The second-order valence-electron chi connectivity index (χ2n) is 7.29. The highest BCUT2D eigenvalue weighted by Crippen LogP contribution is 2.25. The van der Waals surface area contributed by atoms with Crippen LogP contribution in [0.1, 0.15) is 68.0 Å². The molecule has 1 atom stereocenters. The van der Waals surface area contributed by atoms with Crippen LogP contribution in [-0.2, 0) is 12.5 Å². The van der Waals surface area contributed by atoms with Crippen LogP contribution in [0.15, 0.2) is 30.3 Å². The predicted octanol–water partition coefficient (Wildman–Crippen LogP) is 3.81. The molecule has 0 bridgehead atoms. The molecular weight excluding hydrogens is 312 g/mol. The van der Waals surface area contributed by atoms with Crippen LogP contribution in [0.25, 0.3) is 0 Å². The van der Waals surface area contributed by atoms with Crippen LogP contribution in [0, 0.1) is 11.3 Å². The van der Waals surface area contributed by atoms with Crippen molar-refractivity contribution in [3.8, 4) is 6.07 Å². The average molecular weight is 338 g/mol. The normalized spacial score (nSPS) is 12.5. The summed E-state index contributed by atoms with van der Waals surface area (Å²) in [6.45, 7) is 10.8. The number of carbonyl (C=O) groups is 1. The van der Waals surface area contributed by atoms with E-state index in [0.717, 1.165) is 11.3 Å². The molecule has 0 saturated carbocycles. The van der Waals surface area contributed by atoms with Gasteiger partial charge in [0.1, 0.15) is 5.69 Å². The van der Waals surface area contributed by atoms with Crippen LogP contribution < -0.4 is 0 Å². The summed E-state index contributed by atoms with van der Waals surface area (Å²) in [7, 11) is 1.81. The predicted molar refractivity (Wildman–Crippen MR) is 98.2 cm³/mol. The average Bonchev–Trinajstić information content (AvgIpc) is 2.97. The second kappa shape index (κ2) is 7.10. The number of rotatable bonds is 4. The first-order valence-electron chi connectivity index (χ1n) is 8.54. The lowest BCUT2D eigenvalue weighted by molar-refractivity contribution is 0.0691. The van der Waals surface area contributed by atoms with Gasteiger partial charge in [0, 0.05) is 19.0 Å². The molecule has 0 saturated heterocycles. The summed E-state index contributed by atoms with van der Waals surface area (Å²) in [5, 5.41) is 13.4. The molecule has 1 heterocycles. The topological polar surface area (TPSA) is 61.9 Å². The molecule has 2 rings (SSSR count). The third-order valence-electron chi connectivity index (χ3n) is 4.46. The number of nitrogens with zero attached hydrogens (tertiary/aromatic N) is 4. The van der Waals surface area contributed by atoms with Crippen molar-refractivity contribution in [3.05, 3.63) is 52.8 Å². The summed E-state index contributed by atoms with van der Waals surface area (Å²) in [6.07, 6.45) is 0. The van der Waals surface area contributed by atoms with E-state index >= 15 is 0 Å². The SMILES string of the molecule is CCN(C(=O)c1cc(C(C)(C)C)nn1C)C(C)c1ccc(C#N)cc1. The van der Waals surface area contributed by atoms with Gasteiger partial charge in [0.15, 0.2) is 0 Å². The van der Waals surface area contributed by atoms with E-state index in [1.807, 2.05) is 44.0 Å². The molecule has 0 spiro atoms. The van der Waals surface area contributed by atoms with E-state index in [4.69, 9.17) is 5.26 Å². The summed E-state index contributed by atoms with van der Waals surface area (Å²) in [4.78, 5) is 14.9. The van der Waals surface area contributed by atoms with E-state index < -0.39 is 0 Å². The van der Waals surface area contributed by atoms with Crippen molar-refractivity contribution in [2.24, 2.45) is 7.05 Å². The van der Waals surface area contributed by atoms with Crippen molar-refractivity contribution < 1.29 is 4.79 Å². The van der Waals surface area contributed by atoms with E-state index in [1.165, 1.54) is 0 Å². The summed E-state index contributed by atoms with van der Waals surface area (Å²) < 4.78 is 1.66. The minimum absolute atomic E-state index is 0.0372. The van der Waals surface area contributed by atoms with Gasteiger partial charge in [-0.3, -0.25) is 9.48 Å². The van der Waals surface area contributed by atoms with Crippen LogP contribution in [0.5, 0.6) is 0 Å². The Bertz CT molecular complexity index is 791. The monoisotopic (exact) mass is 338 g/mol. The first-order valence-corrected chi connectivity index (χ1v) is 8.54. The lowest BCUT2D eigenvalue weighted by Gasteiger charge is -2.28. The van der Waals surface area contributed by atoms with E-state index in [9.17, 15) is 4.79 Å². The molecule has 132 valence electrons. The summed E-state index contributed by atoms with van der Waals surface area (Å²) in [6, 6.07) is 11.3. The van der Waals surface area contributed by atoms with E-state index in [-0.39, 0.29) is 17.4 Å². The minimum atomic E-state index is -0.105. The number of carbonyl (C=O) groups excluding carboxylic acids is 1. The molecule has 1 aromatic heterocycles. The third kappa shape index (κ3) is 3.90. The van der Waals surface area contributed by atoms with Gasteiger partial charge in [-0.05, 0) is 37.6 Å². The largest absolute Gasteiger partial charge is 0.331 e. The van der Waals surface area contributed by atoms with Gasteiger partial charge >= 0.3 is 0 Å². The summed E-state index contributed by atoms with van der Waals surface area (Å²) in [5.74, 6) is -0.0372. The van der Waals surface area contributed by atoms with Crippen molar-refractivity contribution in [1.82, 2.24) is 14.7 Å². The smallest absolute Gasteiger partial charge is 0.272 e. The van der Waals surface area contributed by atoms with Crippen LogP contribution in [0.2, 0.25) is 0 Å². The van der Waals surface area contributed by atoms with Crippen LogP contribution in [0.4, 0.5) is 0 Å². The number of hydrogen-bond acceptors (Lipinski definition) is 3. The van der Waals surface area contributed by atoms with Gasteiger partial charge in [-0.1, -0.05) is 32.9 Å². The molecule has 1 amide bonds. The Labute approximate surface area is 149 Å². The molecule has 0 fully saturated rings. The molecule has 2 aromatic rings. The lowest BCUT2D eigenvalue weighted by Crippen LogP contribution is -2.34. The number of aryl methyl sites for hydroxylation is 1. The van der Waals surface area contributed by atoms with E-state index in [2.05, 4.69) is 31.9 Å². The van der Waals surface area contributed by atoms with Crippen molar-refractivity contribution in [2.45, 2.75) is 46.1 Å². The summed E-state index contributed by atoms with van der Waals surface area (Å²) >= 11 is 0. The lowest BCUT2D eigenvalue weighted by atomic mass is 9.92. The molecular formula is C20H26N4O. The minimum Gasteiger partial charge on any atom is -0.331 e.